The van der Waals surface area contributed by atoms with Crippen molar-refractivity contribution in [3.05, 3.63) is 29.6 Å². The SMILES string of the molecule is CC1CCN(Cc2ccc(O)c(F)c2)CC1C. The Balaban J connectivity index is 1.99. The van der Waals surface area contributed by atoms with E-state index < -0.39 is 5.82 Å². The predicted octanol–water partition coefficient (Wildman–Crippen LogP) is 3.01. The Morgan fingerprint density at radius 1 is 1.35 bits per heavy atom. The molecule has 0 radical (unpaired) electrons. The summed E-state index contributed by atoms with van der Waals surface area (Å²) in [6.45, 7) is 7.49. The fraction of sp³-hybridized carbons (Fsp3) is 0.571. The minimum Gasteiger partial charge on any atom is -0.505 e. The van der Waals surface area contributed by atoms with Crippen LogP contribution in [0.25, 0.3) is 0 Å². The van der Waals surface area contributed by atoms with Gasteiger partial charge in [-0.15, -0.1) is 0 Å². The highest BCUT2D eigenvalue weighted by molar-refractivity contribution is 5.27. The number of piperidine rings is 1. The molecule has 2 atom stereocenters. The van der Waals surface area contributed by atoms with Crippen LogP contribution in [0.5, 0.6) is 5.75 Å². The van der Waals surface area contributed by atoms with Crippen molar-refractivity contribution in [3.63, 3.8) is 0 Å². The molecule has 0 spiro atoms. The van der Waals surface area contributed by atoms with Gasteiger partial charge >= 0.3 is 0 Å². The van der Waals surface area contributed by atoms with E-state index in [0.717, 1.165) is 31.1 Å². The van der Waals surface area contributed by atoms with E-state index in [-0.39, 0.29) is 5.75 Å². The van der Waals surface area contributed by atoms with Gasteiger partial charge < -0.3 is 5.11 Å². The van der Waals surface area contributed by atoms with Gasteiger partial charge in [0.2, 0.25) is 0 Å². The minimum absolute atomic E-state index is 0.269. The summed E-state index contributed by atoms with van der Waals surface area (Å²) < 4.78 is 13.2. The molecule has 0 bridgehead atoms. The van der Waals surface area contributed by atoms with Crippen LogP contribution in [0.1, 0.15) is 25.8 Å². The van der Waals surface area contributed by atoms with Crippen molar-refractivity contribution < 1.29 is 9.50 Å². The maximum Gasteiger partial charge on any atom is 0.165 e. The first-order valence-corrected chi connectivity index (χ1v) is 6.26. The topological polar surface area (TPSA) is 23.5 Å². The van der Waals surface area contributed by atoms with E-state index in [2.05, 4.69) is 18.7 Å². The maximum atomic E-state index is 13.2. The van der Waals surface area contributed by atoms with E-state index in [1.807, 2.05) is 0 Å². The molecule has 1 N–H and O–H groups in total. The van der Waals surface area contributed by atoms with Crippen LogP contribution in [0.2, 0.25) is 0 Å². The van der Waals surface area contributed by atoms with Crippen molar-refractivity contribution in [2.75, 3.05) is 13.1 Å². The molecule has 2 unspecified atom stereocenters. The third kappa shape index (κ3) is 2.97. The number of hydrogen-bond donors (Lipinski definition) is 1. The summed E-state index contributed by atoms with van der Waals surface area (Å²) >= 11 is 0. The number of halogens is 1. The Hall–Kier alpha value is -1.09. The van der Waals surface area contributed by atoms with Crippen molar-refractivity contribution in [1.82, 2.24) is 4.90 Å². The molecular weight excluding hydrogens is 217 g/mol. The molecule has 17 heavy (non-hydrogen) atoms. The number of hydrogen-bond acceptors (Lipinski definition) is 2. The molecule has 2 nitrogen and oxygen atoms in total. The highest BCUT2D eigenvalue weighted by Gasteiger charge is 2.22. The largest absolute Gasteiger partial charge is 0.505 e. The van der Waals surface area contributed by atoms with Gasteiger partial charge in [0.05, 0.1) is 0 Å². The molecule has 1 saturated heterocycles. The number of aromatic hydroxyl groups is 1. The number of nitrogens with zero attached hydrogens (tertiary/aromatic N) is 1. The van der Waals surface area contributed by atoms with Crippen LogP contribution in [0.15, 0.2) is 18.2 Å². The highest BCUT2D eigenvalue weighted by atomic mass is 19.1. The van der Waals surface area contributed by atoms with Crippen LogP contribution >= 0.6 is 0 Å². The molecule has 0 aromatic heterocycles. The summed E-state index contributed by atoms with van der Waals surface area (Å²) in [5, 5.41) is 9.14. The Labute approximate surface area is 102 Å². The molecule has 1 heterocycles. The fourth-order valence-electron chi connectivity index (χ4n) is 2.40. The highest BCUT2D eigenvalue weighted by Crippen LogP contribution is 2.24. The van der Waals surface area contributed by atoms with Gasteiger partial charge in [0.15, 0.2) is 11.6 Å². The first kappa shape index (κ1) is 12.4. The number of benzene rings is 1. The molecule has 1 aliphatic rings. The van der Waals surface area contributed by atoms with Gasteiger partial charge in [0, 0.05) is 13.1 Å². The van der Waals surface area contributed by atoms with Gasteiger partial charge in [-0.05, 0) is 42.5 Å². The average Bonchev–Trinajstić information content (AvgIpc) is 2.29. The van der Waals surface area contributed by atoms with E-state index in [9.17, 15) is 4.39 Å². The second kappa shape index (κ2) is 5.05. The van der Waals surface area contributed by atoms with Crippen LogP contribution in [0.3, 0.4) is 0 Å². The zero-order valence-corrected chi connectivity index (χ0v) is 10.5. The fourth-order valence-corrected chi connectivity index (χ4v) is 2.40. The zero-order valence-electron chi connectivity index (χ0n) is 10.5. The van der Waals surface area contributed by atoms with Crippen molar-refractivity contribution >= 4 is 0 Å². The summed E-state index contributed by atoms with van der Waals surface area (Å²) in [5.74, 6) is 0.684. The van der Waals surface area contributed by atoms with Gasteiger partial charge in [0.1, 0.15) is 0 Å². The second-order valence-electron chi connectivity index (χ2n) is 5.26. The summed E-state index contributed by atoms with van der Waals surface area (Å²) in [4.78, 5) is 2.36. The molecule has 1 fully saturated rings. The summed E-state index contributed by atoms with van der Waals surface area (Å²) in [6.07, 6.45) is 1.21. The number of rotatable bonds is 2. The van der Waals surface area contributed by atoms with Gasteiger partial charge in [-0.2, -0.15) is 0 Å². The minimum atomic E-state index is -0.527. The Kier molecular flexibility index (Phi) is 3.67. The van der Waals surface area contributed by atoms with Crippen LogP contribution in [-0.4, -0.2) is 23.1 Å². The van der Waals surface area contributed by atoms with Crippen molar-refractivity contribution in [3.8, 4) is 5.75 Å². The van der Waals surface area contributed by atoms with Gasteiger partial charge in [-0.3, -0.25) is 4.90 Å². The van der Waals surface area contributed by atoms with Crippen LogP contribution in [-0.2, 0) is 6.54 Å². The molecule has 1 aromatic carbocycles. The van der Waals surface area contributed by atoms with E-state index in [1.54, 1.807) is 6.07 Å². The summed E-state index contributed by atoms with van der Waals surface area (Å²) in [6, 6.07) is 4.65. The third-order valence-corrected chi connectivity index (χ3v) is 3.84. The Morgan fingerprint density at radius 2 is 2.12 bits per heavy atom. The lowest BCUT2D eigenvalue weighted by atomic mass is 9.88. The van der Waals surface area contributed by atoms with Crippen molar-refractivity contribution in [1.29, 1.82) is 0 Å². The third-order valence-electron chi connectivity index (χ3n) is 3.84. The Morgan fingerprint density at radius 3 is 2.76 bits per heavy atom. The zero-order chi connectivity index (χ0) is 12.4. The first-order chi connectivity index (χ1) is 8.06. The molecule has 0 saturated carbocycles. The molecule has 0 aliphatic carbocycles. The normalized spacial score (nSPS) is 26.1. The lowest BCUT2D eigenvalue weighted by Gasteiger charge is -2.35. The molecule has 94 valence electrons. The molecule has 2 rings (SSSR count). The molecule has 0 amide bonds. The predicted molar refractivity (Wildman–Crippen MR) is 66.3 cm³/mol. The maximum absolute atomic E-state index is 13.2. The van der Waals surface area contributed by atoms with E-state index >= 15 is 0 Å². The van der Waals surface area contributed by atoms with Crippen LogP contribution in [0, 0.1) is 17.7 Å². The van der Waals surface area contributed by atoms with Gasteiger partial charge in [-0.1, -0.05) is 19.9 Å². The molecular formula is C14H20FNO. The standard InChI is InChI=1S/C14H20FNO/c1-10-5-6-16(8-11(10)2)9-12-3-4-14(17)13(15)7-12/h3-4,7,10-11,17H,5-6,8-9H2,1-2H3. The lowest BCUT2D eigenvalue weighted by molar-refractivity contribution is 0.132. The van der Waals surface area contributed by atoms with Crippen LogP contribution in [0.4, 0.5) is 4.39 Å². The van der Waals surface area contributed by atoms with Crippen molar-refractivity contribution in [2.24, 2.45) is 11.8 Å². The lowest BCUT2D eigenvalue weighted by Crippen LogP contribution is -2.37. The Bertz CT molecular complexity index is 394. The van der Waals surface area contributed by atoms with Crippen molar-refractivity contribution in [2.45, 2.75) is 26.8 Å². The molecule has 3 heteroatoms. The van der Waals surface area contributed by atoms with E-state index in [1.165, 1.54) is 18.6 Å². The van der Waals surface area contributed by atoms with Crippen LogP contribution < -0.4 is 0 Å². The quantitative estimate of drug-likeness (QED) is 0.854. The smallest absolute Gasteiger partial charge is 0.165 e. The average molecular weight is 237 g/mol. The van der Waals surface area contributed by atoms with Gasteiger partial charge in [0.25, 0.3) is 0 Å². The monoisotopic (exact) mass is 237 g/mol. The van der Waals surface area contributed by atoms with Gasteiger partial charge in [-0.25, -0.2) is 4.39 Å². The molecule has 1 aliphatic heterocycles. The first-order valence-electron chi connectivity index (χ1n) is 6.26. The summed E-state index contributed by atoms with van der Waals surface area (Å²) in [7, 11) is 0. The van der Waals surface area contributed by atoms with E-state index in [4.69, 9.17) is 5.11 Å². The second-order valence-corrected chi connectivity index (χ2v) is 5.26. The number of likely N-dealkylation sites (tertiary alicyclic amines) is 1. The molecule has 1 aromatic rings. The van der Waals surface area contributed by atoms with E-state index in [0.29, 0.717) is 5.92 Å². The number of phenols is 1. The summed E-state index contributed by atoms with van der Waals surface area (Å²) in [5.41, 5.74) is 0.932. The number of phenolic OH excluding ortho intramolecular Hbond substituents is 1.